The zero-order valence-corrected chi connectivity index (χ0v) is 18.7. The van der Waals surface area contributed by atoms with Gasteiger partial charge in [0.2, 0.25) is 11.8 Å². The van der Waals surface area contributed by atoms with E-state index in [1.54, 1.807) is 31.2 Å². The number of aromatic carboxylic acids is 1. The van der Waals surface area contributed by atoms with Crippen LogP contribution in [-0.2, 0) is 9.59 Å². The van der Waals surface area contributed by atoms with E-state index in [4.69, 9.17) is 0 Å². The Hall–Kier alpha value is -3.20. The lowest BCUT2D eigenvalue weighted by Crippen LogP contribution is -2.49. The van der Waals surface area contributed by atoms with Gasteiger partial charge in [-0.2, -0.15) is 0 Å². The number of carbonyl (C=O) groups is 3. The predicted molar refractivity (Wildman–Crippen MR) is 124 cm³/mol. The van der Waals surface area contributed by atoms with Gasteiger partial charge in [0.15, 0.2) is 0 Å². The molecule has 3 rings (SSSR count). The zero-order valence-electron chi connectivity index (χ0n) is 18.7. The average molecular weight is 442 g/mol. The Morgan fingerprint density at radius 2 is 1.81 bits per heavy atom. The Labute approximate surface area is 187 Å². The van der Waals surface area contributed by atoms with Crippen LogP contribution >= 0.6 is 0 Å². The van der Waals surface area contributed by atoms with Crippen molar-refractivity contribution in [2.75, 3.05) is 49.5 Å². The highest BCUT2D eigenvalue weighted by molar-refractivity contribution is 6.05. The van der Waals surface area contributed by atoms with Crippen molar-refractivity contribution in [2.24, 2.45) is 0 Å². The number of unbranched alkanes of at least 4 members (excludes halogenated alkanes) is 1. The lowest BCUT2D eigenvalue weighted by molar-refractivity contribution is -0.122. The molecule has 0 saturated carbocycles. The first-order valence-electron chi connectivity index (χ1n) is 11.1. The van der Waals surface area contributed by atoms with E-state index in [1.807, 2.05) is 4.90 Å². The Kier molecular flexibility index (Phi) is 7.99. The molecule has 1 fully saturated rings. The number of rotatable bonds is 9. The lowest BCUT2D eigenvalue weighted by atomic mass is 10.1. The summed E-state index contributed by atoms with van der Waals surface area (Å²) in [5.41, 5.74) is 1.26. The van der Waals surface area contributed by atoms with E-state index in [1.165, 1.54) is 0 Å². The summed E-state index contributed by atoms with van der Waals surface area (Å²) in [6.45, 7) is 7.63. The van der Waals surface area contributed by atoms with Crippen LogP contribution in [0.4, 0.5) is 11.5 Å². The number of benzene rings is 1. The van der Waals surface area contributed by atoms with E-state index in [0.29, 0.717) is 68.1 Å². The third-order valence-electron chi connectivity index (χ3n) is 5.55. The van der Waals surface area contributed by atoms with E-state index >= 15 is 0 Å². The monoisotopic (exact) mass is 441 g/mol. The van der Waals surface area contributed by atoms with E-state index in [9.17, 15) is 19.5 Å². The molecule has 3 N–H and O–H groups in total. The molecule has 1 aromatic carbocycles. The fourth-order valence-electron chi connectivity index (χ4n) is 3.68. The second-order valence-corrected chi connectivity index (χ2v) is 7.93. The minimum Gasteiger partial charge on any atom is -0.478 e. The Morgan fingerprint density at radius 3 is 2.47 bits per heavy atom. The molecular formula is C23H31N5O4. The number of hydrogen-bond donors (Lipinski definition) is 3. The van der Waals surface area contributed by atoms with Crippen molar-refractivity contribution in [3.63, 3.8) is 0 Å². The summed E-state index contributed by atoms with van der Waals surface area (Å²) >= 11 is 0. The number of aromatic nitrogens is 1. The van der Waals surface area contributed by atoms with Crippen LogP contribution in [0.1, 0.15) is 43.5 Å². The van der Waals surface area contributed by atoms with Gasteiger partial charge >= 0.3 is 5.97 Å². The normalized spacial score (nSPS) is 14.4. The number of nitrogens with one attached hydrogen (secondary N) is 2. The van der Waals surface area contributed by atoms with Gasteiger partial charge in [0.1, 0.15) is 5.82 Å². The van der Waals surface area contributed by atoms with Crippen molar-refractivity contribution < 1.29 is 19.5 Å². The molecule has 9 heteroatoms. The van der Waals surface area contributed by atoms with Gasteiger partial charge < -0.3 is 20.6 Å². The van der Waals surface area contributed by atoms with Gasteiger partial charge in [-0.3, -0.25) is 14.5 Å². The van der Waals surface area contributed by atoms with E-state index in [2.05, 4.69) is 27.4 Å². The molecule has 2 heterocycles. The highest BCUT2D eigenvalue weighted by atomic mass is 16.4. The van der Waals surface area contributed by atoms with Gasteiger partial charge in [-0.1, -0.05) is 20.3 Å². The fourth-order valence-corrected chi connectivity index (χ4v) is 3.68. The van der Waals surface area contributed by atoms with Gasteiger partial charge in [0.25, 0.3) is 0 Å². The zero-order chi connectivity index (χ0) is 23.1. The van der Waals surface area contributed by atoms with Crippen molar-refractivity contribution >= 4 is 40.2 Å². The number of anilines is 2. The first-order chi connectivity index (χ1) is 15.4. The lowest BCUT2D eigenvalue weighted by Gasteiger charge is -2.35. The van der Waals surface area contributed by atoms with Gasteiger partial charge in [-0.05, 0) is 30.7 Å². The number of carbonyl (C=O) groups excluding carboxylic acids is 2. The van der Waals surface area contributed by atoms with Crippen LogP contribution in [0.5, 0.6) is 0 Å². The summed E-state index contributed by atoms with van der Waals surface area (Å²) in [5, 5.41) is 15.9. The first-order valence-corrected chi connectivity index (χ1v) is 11.1. The van der Waals surface area contributed by atoms with Crippen LogP contribution in [-0.4, -0.2) is 72.0 Å². The number of nitrogens with zero attached hydrogens (tertiary/aromatic N) is 3. The number of piperazine rings is 1. The van der Waals surface area contributed by atoms with Crippen LogP contribution in [0.25, 0.3) is 10.9 Å². The third kappa shape index (κ3) is 5.94. The number of amides is 2. The molecule has 0 aliphatic carbocycles. The molecular weight excluding hydrogens is 410 g/mol. The molecule has 1 aliphatic rings. The van der Waals surface area contributed by atoms with Crippen molar-refractivity contribution in [3.8, 4) is 0 Å². The maximum absolute atomic E-state index is 12.0. The summed E-state index contributed by atoms with van der Waals surface area (Å²) in [4.78, 5) is 44.5. The molecule has 1 aliphatic heterocycles. The molecule has 0 atom stereocenters. The predicted octanol–water partition coefficient (Wildman–Crippen LogP) is 2.32. The van der Waals surface area contributed by atoms with E-state index in [0.717, 1.165) is 12.8 Å². The number of pyridine rings is 1. The first kappa shape index (κ1) is 23.5. The van der Waals surface area contributed by atoms with Crippen molar-refractivity contribution in [1.29, 1.82) is 0 Å². The van der Waals surface area contributed by atoms with Crippen molar-refractivity contribution in [3.05, 3.63) is 29.8 Å². The number of carboxylic acids is 1. The molecule has 1 aromatic heterocycles. The number of hydrogen-bond acceptors (Lipinski definition) is 6. The van der Waals surface area contributed by atoms with Gasteiger partial charge in [-0.25, -0.2) is 9.78 Å². The van der Waals surface area contributed by atoms with Crippen LogP contribution in [0.2, 0.25) is 0 Å². The topological polar surface area (TPSA) is 115 Å². The molecule has 32 heavy (non-hydrogen) atoms. The maximum Gasteiger partial charge on any atom is 0.336 e. The van der Waals surface area contributed by atoms with Gasteiger partial charge in [0, 0.05) is 50.2 Å². The van der Waals surface area contributed by atoms with Crippen LogP contribution in [0.15, 0.2) is 24.3 Å². The Morgan fingerprint density at radius 1 is 1.06 bits per heavy atom. The fraction of sp³-hybridized carbons (Fsp3) is 0.478. The maximum atomic E-state index is 12.0. The van der Waals surface area contributed by atoms with Crippen molar-refractivity contribution in [1.82, 2.24) is 15.2 Å². The molecule has 0 radical (unpaired) electrons. The highest BCUT2D eigenvalue weighted by Crippen LogP contribution is 2.26. The quantitative estimate of drug-likeness (QED) is 0.512. The van der Waals surface area contributed by atoms with Crippen LogP contribution < -0.4 is 15.5 Å². The average Bonchev–Trinajstić information content (AvgIpc) is 2.78. The van der Waals surface area contributed by atoms with Crippen LogP contribution in [0, 0.1) is 0 Å². The summed E-state index contributed by atoms with van der Waals surface area (Å²) in [6.07, 6.45) is 2.36. The Bertz CT molecular complexity index is 986. The second-order valence-electron chi connectivity index (χ2n) is 7.93. The second kappa shape index (κ2) is 10.9. The summed E-state index contributed by atoms with van der Waals surface area (Å²) in [6, 6.07) is 6.70. The molecule has 0 spiro atoms. The van der Waals surface area contributed by atoms with Gasteiger partial charge in [0.05, 0.1) is 17.6 Å². The minimum atomic E-state index is -1.04. The largest absolute Gasteiger partial charge is 0.478 e. The van der Waals surface area contributed by atoms with Crippen molar-refractivity contribution in [2.45, 2.75) is 33.1 Å². The molecule has 172 valence electrons. The SMILES string of the molecule is CCCCNC(=O)CN1CCN(c2cc(C(=O)O)c3cc(NC(=O)CC)ccc3n2)CC1. The highest BCUT2D eigenvalue weighted by Gasteiger charge is 2.22. The molecule has 2 amide bonds. The standard InChI is InChI=1S/C23H31N5O4/c1-3-5-8-24-22(30)15-27-9-11-28(12-10-27)20-14-18(23(31)32)17-13-16(25-21(29)4-2)6-7-19(17)26-20/h6-7,13-14H,3-5,8-12,15H2,1-2H3,(H,24,30)(H,25,29)(H,31,32). The molecule has 0 bridgehead atoms. The summed E-state index contributed by atoms with van der Waals surface area (Å²) < 4.78 is 0. The number of fused-ring (bicyclic) bond motifs is 1. The van der Waals surface area contributed by atoms with Gasteiger partial charge in [-0.15, -0.1) is 0 Å². The summed E-state index contributed by atoms with van der Waals surface area (Å²) in [5.74, 6) is -0.537. The number of carboxylic acid groups (broad SMARTS) is 1. The molecule has 9 nitrogen and oxygen atoms in total. The molecule has 2 aromatic rings. The smallest absolute Gasteiger partial charge is 0.336 e. The summed E-state index contributed by atoms with van der Waals surface area (Å²) in [7, 11) is 0. The van der Waals surface area contributed by atoms with Crippen LogP contribution in [0.3, 0.4) is 0 Å². The van der Waals surface area contributed by atoms with E-state index < -0.39 is 5.97 Å². The third-order valence-corrected chi connectivity index (χ3v) is 5.55. The Balaban J connectivity index is 1.71. The molecule has 1 saturated heterocycles. The molecule has 0 unspecified atom stereocenters. The van der Waals surface area contributed by atoms with E-state index in [-0.39, 0.29) is 17.4 Å². The minimum absolute atomic E-state index is 0.0369.